The van der Waals surface area contributed by atoms with Gasteiger partial charge in [-0.15, -0.1) is 0 Å². The number of benzene rings is 3. The van der Waals surface area contributed by atoms with Crippen molar-refractivity contribution in [3.8, 4) is 0 Å². The molecular weight excluding hydrogens is 541 g/mol. The Morgan fingerprint density at radius 1 is 1.10 bits per heavy atom. The molecule has 1 fully saturated rings. The fourth-order valence-electron chi connectivity index (χ4n) is 5.82. The smallest absolute Gasteiger partial charge is 0.455 e. The Kier molecular flexibility index (Phi) is 5.61. The summed E-state index contributed by atoms with van der Waals surface area (Å²) in [5.41, 5.74) is 2.25. The highest BCUT2D eigenvalue weighted by molar-refractivity contribution is 7.92. The molecule has 3 aromatic carbocycles. The first-order valence-corrected chi connectivity index (χ1v) is 14.8. The minimum atomic E-state index is -3.79. The monoisotopic (exact) mass is 564 g/mol. The molecule has 3 heterocycles. The Morgan fingerprint density at radius 2 is 1.90 bits per heavy atom. The number of pyridine rings is 1. The third-order valence-corrected chi connectivity index (χ3v) is 8.97. The quantitative estimate of drug-likeness (QED) is 0.299. The second-order valence-electron chi connectivity index (χ2n) is 10.5. The van der Waals surface area contributed by atoms with Gasteiger partial charge in [0.25, 0.3) is 5.56 Å². The lowest BCUT2D eigenvalue weighted by Gasteiger charge is -2.26. The molecule has 1 saturated carbocycles. The van der Waals surface area contributed by atoms with Gasteiger partial charge >= 0.3 is 7.12 Å². The third-order valence-electron chi connectivity index (χ3n) is 7.79. The first-order valence-electron chi connectivity index (χ1n) is 12.9. The van der Waals surface area contributed by atoms with Crippen LogP contribution in [0.15, 0.2) is 57.7 Å². The number of furan rings is 1. The van der Waals surface area contributed by atoms with Crippen LogP contribution in [-0.4, -0.2) is 38.3 Å². The van der Waals surface area contributed by atoms with E-state index in [0.29, 0.717) is 44.1 Å². The van der Waals surface area contributed by atoms with Crippen LogP contribution in [0.4, 0.5) is 14.5 Å². The van der Waals surface area contributed by atoms with Crippen molar-refractivity contribution in [1.82, 2.24) is 4.98 Å². The molecule has 12 heteroatoms. The maximum atomic E-state index is 14.3. The molecule has 1 aliphatic carbocycles. The topological polar surface area (TPSA) is 113 Å². The van der Waals surface area contributed by atoms with Crippen molar-refractivity contribution in [3.63, 3.8) is 0 Å². The number of nitrogens with one attached hydrogen (secondary N) is 1. The number of halogens is 2. The fourth-order valence-corrected chi connectivity index (χ4v) is 6.77. The van der Waals surface area contributed by atoms with Gasteiger partial charge in [-0.3, -0.25) is 9.10 Å². The van der Waals surface area contributed by atoms with Gasteiger partial charge in [-0.25, -0.2) is 17.2 Å². The molecule has 204 valence electrons. The lowest BCUT2D eigenvalue weighted by molar-refractivity contribution is 0.183. The molecule has 2 aliphatic rings. The Balaban J connectivity index is 1.35. The first-order chi connectivity index (χ1) is 19.1. The predicted octanol–water partition coefficient (Wildman–Crippen LogP) is 4.20. The molecule has 1 unspecified atom stereocenters. The molecule has 1 aliphatic heterocycles. The number of anilines is 1. The number of aromatic nitrogens is 1. The Labute approximate surface area is 227 Å². The van der Waals surface area contributed by atoms with E-state index >= 15 is 0 Å². The molecule has 0 bridgehead atoms. The molecule has 0 radical (unpaired) electrons. The van der Waals surface area contributed by atoms with Gasteiger partial charge in [-0.05, 0) is 66.6 Å². The largest absolute Gasteiger partial charge is 0.495 e. The number of hydrogen-bond acceptors (Lipinski definition) is 6. The molecule has 0 saturated heterocycles. The highest BCUT2D eigenvalue weighted by atomic mass is 32.2. The van der Waals surface area contributed by atoms with Crippen molar-refractivity contribution in [1.29, 1.82) is 0 Å². The van der Waals surface area contributed by atoms with E-state index in [4.69, 9.17) is 9.07 Å². The zero-order valence-corrected chi connectivity index (χ0v) is 22.1. The molecule has 2 aromatic heterocycles. The summed E-state index contributed by atoms with van der Waals surface area (Å²) in [6.45, 7) is 0.000416. The summed E-state index contributed by atoms with van der Waals surface area (Å²) < 4.78 is 67.4. The van der Waals surface area contributed by atoms with Gasteiger partial charge in [0.2, 0.25) is 10.0 Å². The minimum absolute atomic E-state index is 0.000416. The van der Waals surface area contributed by atoms with Crippen molar-refractivity contribution >= 4 is 61.1 Å². The van der Waals surface area contributed by atoms with E-state index in [-0.39, 0.29) is 24.3 Å². The lowest BCUT2D eigenvalue weighted by atomic mass is 9.78. The van der Waals surface area contributed by atoms with Gasteiger partial charge < -0.3 is 19.1 Å². The Hall–Kier alpha value is -3.74. The predicted molar refractivity (Wildman–Crippen MR) is 148 cm³/mol. The molecule has 5 aromatic rings. The molecule has 0 amide bonds. The molecule has 2 N–H and O–H groups in total. The Bertz CT molecular complexity index is 2020. The highest BCUT2D eigenvalue weighted by Crippen LogP contribution is 2.47. The molecular formula is C28H23BF2N2O6S. The van der Waals surface area contributed by atoms with Gasteiger partial charge in [0.1, 0.15) is 22.8 Å². The van der Waals surface area contributed by atoms with Gasteiger partial charge in [0.05, 0.1) is 29.0 Å². The summed E-state index contributed by atoms with van der Waals surface area (Å²) in [6.07, 6.45) is 2.31. The highest BCUT2D eigenvalue weighted by Gasteiger charge is 2.38. The van der Waals surface area contributed by atoms with Gasteiger partial charge in [0.15, 0.2) is 0 Å². The van der Waals surface area contributed by atoms with E-state index < -0.39 is 40.4 Å². The summed E-state index contributed by atoms with van der Waals surface area (Å²) in [5, 5.41) is 11.6. The number of rotatable bonds is 6. The summed E-state index contributed by atoms with van der Waals surface area (Å²) >= 11 is 0. The van der Waals surface area contributed by atoms with Crippen LogP contribution in [0.25, 0.3) is 32.8 Å². The molecule has 1 atom stereocenters. The van der Waals surface area contributed by atoms with Crippen LogP contribution in [0.3, 0.4) is 0 Å². The van der Waals surface area contributed by atoms with Crippen molar-refractivity contribution < 1.29 is 31.3 Å². The van der Waals surface area contributed by atoms with E-state index in [0.717, 1.165) is 24.7 Å². The SMILES string of the molecule is CS(=O)(=O)N(CCC1OB(O)c2c(F)cccc21)c1cc2oc3c4ccc(F)cc4[nH]c(=O)c3c2cc1C1CC1. The summed E-state index contributed by atoms with van der Waals surface area (Å²) in [5.74, 6) is -0.962. The number of nitrogens with zero attached hydrogens (tertiary/aromatic N) is 1. The van der Waals surface area contributed by atoms with Crippen molar-refractivity contribution in [2.45, 2.75) is 31.3 Å². The van der Waals surface area contributed by atoms with Crippen LogP contribution >= 0.6 is 0 Å². The van der Waals surface area contributed by atoms with Crippen LogP contribution in [0.2, 0.25) is 0 Å². The standard InChI is InChI=1S/C28H23BF2N2O6S/c1-40(36,37)33(10-9-23-17-3-2-4-20(31)26(17)29(35)39-23)22-13-24-19(12-18(22)14-5-6-14)25-27(38-24)16-8-7-15(30)11-21(16)32-28(25)34/h2-4,7-8,11-14,23,35H,5-6,9-10H2,1H3,(H,32,34). The van der Waals surface area contributed by atoms with Crippen molar-refractivity contribution in [2.24, 2.45) is 0 Å². The second-order valence-corrected chi connectivity index (χ2v) is 12.4. The zero-order chi connectivity index (χ0) is 27.9. The molecule has 0 spiro atoms. The number of fused-ring (bicyclic) bond motifs is 6. The fraction of sp³-hybridized carbons (Fsp3) is 0.250. The average molecular weight is 564 g/mol. The number of hydrogen-bond donors (Lipinski definition) is 2. The summed E-state index contributed by atoms with van der Waals surface area (Å²) in [6, 6.07) is 11.9. The van der Waals surface area contributed by atoms with Crippen LogP contribution in [-0.2, 0) is 14.7 Å². The van der Waals surface area contributed by atoms with Gasteiger partial charge in [-0.2, -0.15) is 0 Å². The van der Waals surface area contributed by atoms with Crippen LogP contribution < -0.4 is 15.3 Å². The van der Waals surface area contributed by atoms with Gasteiger partial charge in [-0.1, -0.05) is 12.1 Å². The first kappa shape index (κ1) is 25.2. The molecule has 7 rings (SSSR count). The Morgan fingerprint density at radius 3 is 2.65 bits per heavy atom. The van der Waals surface area contributed by atoms with E-state index in [2.05, 4.69) is 4.98 Å². The third kappa shape index (κ3) is 4.01. The normalized spacial score (nSPS) is 17.3. The molecule has 8 nitrogen and oxygen atoms in total. The van der Waals surface area contributed by atoms with E-state index in [1.54, 1.807) is 12.1 Å². The minimum Gasteiger partial charge on any atom is -0.455 e. The van der Waals surface area contributed by atoms with Crippen LogP contribution in [0, 0.1) is 11.6 Å². The lowest BCUT2D eigenvalue weighted by Crippen LogP contribution is -2.32. The van der Waals surface area contributed by atoms with E-state index in [1.165, 1.54) is 34.6 Å². The molecule has 40 heavy (non-hydrogen) atoms. The number of sulfonamides is 1. The maximum Gasteiger partial charge on any atom is 0.495 e. The summed E-state index contributed by atoms with van der Waals surface area (Å²) in [4.78, 5) is 15.8. The van der Waals surface area contributed by atoms with E-state index in [1.807, 2.05) is 6.07 Å². The number of H-pyrrole nitrogens is 1. The van der Waals surface area contributed by atoms with Crippen LogP contribution in [0.1, 0.15) is 42.4 Å². The zero-order valence-electron chi connectivity index (χ0n) is 21.3. The average Bonchev–Trinajstić information content (AvgIpc) is 3.58. The van der Waals surface area contributed by atoms with E-state index in [9.17, 15) is 27.0 Å². The van der Waals surface area contributed by atoms with Gasteiger partial charge in [0, 0.05) is 28.8 Å². The summed E-state index contributed by atoms with van der Waals surface area (Å²) in [7, 11) is -5.22. The number of aromatic amines is 1. The van der Waals surface area contributed by atoms with Crippen LogP contribution in [0.5, 0.6) is 0 Å². The van der Waals surface area contributed by atoms with Crippen molar-refractivity contribution in [3.05, 3.63) is 81.6 Å². The second kappa shape index (κ2) is 8.88. The maximum absolute atomic E-state index is 14.3. The van der Waals surface area contributed by atoms with Crippen molar-refractivity contribution in [2.75, 3.05) is 17.1 Å².